The van der Waals surface area contributed by atoms with Crippen LogP contribution in [0.2, 0.25) is 0 Å². The van der Waals surface area contributed by atoms with Gasteiger partial charge in [-0.1, -0.05) is 53.0 Å². The maximum Gasteiger partial charge on any atom is 0.283 e. The summed E-state index contributed by atoms with van der Waals surface area (Å²) in [5.74, 6) is -2.22. The summed E-state index contributed by atoms with van der Waals surface area (Å²) in [6.07, 6.45) is 0. The summed E-state index contributed by atoms with van der Waals surface area (Å²) in [7, 11) is 0. The van der Waals surface area contributed by atoms with Gasteiger partial charge in [0, 0.05) is 0 Å². The van der Waals surface area contributed by atoms with Crippen LogP contribution in [-0.4, -0.2) is 39.4 Å². The second-order valence-electron chi connectivity index (χ2n) is 6.78. The van der Waals surface area contributed by atoms with E-state index in [1.54, 1.807) is 44.2 Å². The molecule has 12 heteroatoms. The molecule has 5 aromatic rings. The van der Waals surface area contributed by atoms with Crippen LogP contribution in [0.1, 0.15) is 32.6 Å². The Labute approximate surface area is 181 Å². The molecular formula is C19H14N6O4S2. The van der Waals surface area contributed by atoms with E-state index in [1.165, 1.54) is 0 Å². The molecule has 0 spiro atoms. The van der Waals surface area contributed by atoms with Crippen LogP contribution in [0.5, 0.6) is 11.8 Å². The molecule has 0 atom stereocenters. The van der Waals surface area contributed by atoms with E-state index < -0.39 is 28.8 Å². The minimum atomic E-state index is -1.14. The monoisotopic (exact) mass is 454 g/mol. The Hall–Kier alpha value is -3.64. The maximum absolute atomic E-state index is 13.3. The summed E-state index contributed by atoms with van der Waals surface area (Å²) in [6, 6.07) is 8.60. The van der Waals surface area contributed by atoms with Crippen molar-refractivity contribution in [3.8, 4) is 11.8 Å². The van der Waals surface area contributed by atoms with Gasteiger partial charge in [0.05, 0.1) is 17.0 Å². The molecule has 0 radical (unpaired) electrons. The van der Waals surface area contributed by atoms with Crippen molar-refractivity contribution < 1.29 is 10.2 Å². The molecule has 10 nitrogen and oxygen atoms in total. The van der Waals surface area contributed by atoms with Crippen LogP contribution >= 0.6 is 22.7 Å². The molecule has 0 bridgehead atoms. The molecule has 31 heavy (non-hydrogen) atoms. The summed E-state index contributed by atoms with van der Waals surface area (Å²) in [5.41, 5.74) is -1.16. The van der Waals surface area contributed by atoms with Crippen LogP contribution in [0.4, 0.5) is 0 Å². The van der Waals surface area contributed by atoms with Gasteiger partial charge in [-0.15, -0.1) is 0 Å². The van der Waals surface area contributed by atoms with Crippen molar-refractivity contribution in [3.05, 3.63) is 77.7 Å². The highest BCUT2D eigenvalue weighted by Gasteiger charge is 2.32. The molecule has 0 saturated carbocycles. The van der Waals surface area contributed by atoms with Gasteiger partial charge >= 0.3 is 0 Å². The Bertz CT molecular complexity index is 1480. The highest BCUT2D eigenvalue weighted by atomic mass is 32.1. The maximum atomic E-state index is 13.3. The number of benzene rings is 1. The third-order valence-corrected chi connectivity index (χ3v) is 6.41. The standard InChI is InChI=1S/C19H14N6O4S2/c1-8-22-24-16(28)12(14(26)20-18(24)30-8)11(10-6-4-3-5-7-10)13-15(27)21-19-25(17(13)29)23-9(2)31-19/h3-7,11,26-27H,1-2H3. The highest BCUT2D eigenvalue weighted by molar-refractivity contribution is 7.16. The lowest BCUT2D eigenvalue weighted by Gasteiger charge is -2.18. The minimum absolute atomic E-state index is 0.185. The number of hydrogen-bond donors (Lipinski definition) is 2. The fraction of sp³-hybridized carbons (Fsp3) is 0.158. The van der Waals surface area contributed by atoms with E-state index in [-0.39, 0.29) is 21.0 Å². The van der Waals surface area contributed by atoms with Crippen molar-refractivity contribution in [2.45, 2.75) is 19.8 Å². The first-order chi connectivity index (χ1) is 14.8. The van der Waals surface area contributed by atoms with Crippen molar-refractivity contribution >= 4 is 32.6 Å². The highest BCUT2D eigenvalue weighted by Crippen LogP contribution is 2.36. The van der Waals surface area contributed by atoms with Gasteiger partial charge in [0.1, 0.15) is 10.0 Å². The summed E-state index contributed by atoms with van der Waals surface area (Å²) in [5, 5.41) is 30.9. The molecule has 156 valence electrons. The van der Waals surface area contributed by atoms with E-state index in [0.29, 0.717) is 15.6 Å². The van der Waals surface area contributed by atoms with Crippen LogP contribution < -0.4 is 11.1 Å². The van der Waals surface area contributed by atoms with Gasteiger partial charge in [0.2, 0.25) is 21.7 Å². The SMILES string of the molecule is Cc1nn2c(=O)c(C(c3ccccc3)c3c(O)nc4sc(C)nn4c3=O)c(O)nc2s1. The Morgan fingerprint density at radius 1 is 0.806 bits per heavy atom. The van der Waals surface area contributed by atoms with Gasteiger partial charge < -0.3 is 10.2 Å². The van der Waals surface area contributed by atoms with Gasteiger partial charge in [-0.2, -0.15) is 29.2 Å². The van der Waals surface area contributed by atoms with Crippen molar-refractivity contribution in [3.63, 3.8) is 0 Å². The number of fused-ring (bicyclic) bond motifs is 2. The Kier molecular flexibility index (Phi) is 4.34. The Morgan fingerprint density at radius 3 is 1.71 bits per heavy atom. The number of rotatable bonds is 3. The summed E-state index contributed by atoms with van der Waals surface area (Å²) >= 11 is 2.30. The van der Waals surface area contributed by atoms with Gasteiger partial charge in [0.25, 0.3) is 11.1 Å². The van der Waals surface area contributed by atoms with Crippen LogP contribution in [-0.2, 0) is 0 Å². The van der Waals surface area contributed by atoms with Crippen molar-refractivity contribution in [2.75, 3.05) is 0 Å². The zero-order valence-corrected chi connectivity index (χ0v) is 17.8. The van der Waals surface area contributed by atoms with E-state index in [1.807, 2.05) is 0 Å². The number of aryl methyl sites for hydroxylation is 2. The van der Waals surface area contributed by atoms with Crippen LogP contribution in [0.25, 0.3) is 9.92 Å². The number of nitrogens with zero attached hydrogens (tertiary/aromatic N) is 6. The van der Waals surface area contributed by atoms with E-state index >= 15 is 0 Å². The summed E-state index contributed by atoms with van der Waals surface area (Å²) in [6.45, 7) is 3.43. The molecule has 5 rings (SSSR count). The molecule has 2 N–H and O–H groups in total. The average Bonchev–Trinajstić information content (AvgIpc) is 3.29. The van der Waals surface area contributed by atoms with E-state index in [4.69, 9.17) is 0 Å². The van der Waals surface area contributed by atoms with Gasteiger partial charge in [0.15, 0.2) is 0 Å². The molecule has 0 aliphatic heterocycles. The first-order valence-electron chi connectivity index (χ1n) is 9.08. The molecule has 0 saturated heterocycles. The Morgan fingerprint density at radius 2 is 1.26 bits per heavy atom. The number of aromatic hydroxyl groups is 2. The molecule has 0 amide bonds. The summed E-state index contributed by atoms with van der Waals surface area (Å²) < 4.78 is 2.16. The predicted octanol–water partition coefficient (Wildman–Crippen LogP) is 1.82. The van der Waals surface area contributed by atoms with Crippen LogP contribution in [0, 0.1) is 13.8 Å². The smallest absolute Gasteiger partial charge is 0.283 e. The molecule has 4 aromatic heterocycles. The van der Waals surface area contributed by atoms with E-state index in [2.05, 4.69) is 20.2 Å². The second kappa shape index (κ2) is 6.96. The number of aromatic nitrogens is 6. The zero-order chi connectivity index (χ0) is 21.9. The lowest BCUT2D eigenvalue weighted by Crippen LogP contribution is -2.29. The third kappa shape index (κ3) is 2.99. The Balaban J connectivity index is 1.90. The largest absolute Gasteiger partial charge is 0.493 e. The fourth-order valence-corrected chi connectivity index (χ4v) is 4.97. The van der Waals surface area contributed by atoms with Crippen molar-refractivity contribution in [1.82, 2.24) is 29.2 Å². The van der Waals surface area contributed by atoms with Crippen molar-refractivity contribution in [1.29, 1.82) is 0 Å². The lowest BCUT2D eigenvalue weighted by atomic mass is 9.87. The third-order valence-electron chi connectivity index (χ3n) is 4.76. The first-order valence-corrected chi connectivity index (χ1v) is 10.7. The van der Waals surface area contributed by atoms with Gasteiger partial charge in [-0.05, 0) is 19.4 Å². The quantitative estimate of drug-likeness (QED) is 0.422. The molecule has 0 aliphatic carbocycles. The predicted molar refractivity (Wildman–Crippen MR) is 114 cm³/mol. The molecule has 0 aliphatic rings. The first kappa shape index (κ1) is 19.3. The lowest BCUT2D eigenvalue weighted by molar-refractivity contribution is 0.433. The van der Waals surface area contributed by atoms with E-state index in [9.17, 15) is 19.8 Å². The summed E-state index contributed by atoms with van der Waals surface area (Å²) in [4.78, 5) is 35.3. The topological polar surface area (TPSA) is 135 Å². The normalized spacial score (nSPS) is 11.7. The van der Waals surface area contributed by atoms with Crippen LogP contribution in [0.3, 0.4) is 0 Å². The average molecular weight is 454 g/mol. The zero-order valence-electron chi connectivity index (χ0n) is 16.2. The van der Waals surface area contributed by atoms with Crippen LogP contribution in [0.15, 0.2) is 39.9 Å². The molecule has 1 aromatic carbocycles. The van der Waals surface area contributed by atoms with Crippen molar-refractivity contribution in [2.24, 2.45) is 0 Å². The minimum Gasteiger partial charge on any atom is -0.493 e. The molecule has 0 fully saturated rings. The second-order valence-corrected chi connectivity index (χ2v) is 9.10. The molecule has 4 heterocycles. The van der Waals surface area contributed by atoms with Gasteiger partial charge in [-0.25, -0.2) is 0 Å². The van der Waals surface area contributed by atoms with Gasteiger partial charge in [-0.3, -0.25) is 9.59 Å². The number of hydrogen-bond acceptors (Lipinski definition) is 10. The fourth-order valence-electron chi connectivity index (χ4n) is 3.51. The van der Waals surface area contributed by atoms with E-state index in [0.717, 1.165) is 31.7 Å². The molecule has 0 unspecified atom stereocenters. The molecular weight excluding hydrogens is 440 g/mol.